The molecule has 0 spiro atoms. The quantitative estimate of drug-likeness (QED) is 0.493. The van der Waals surface area contributed by atoms with Crippen molar-refractivity contribution in [3.8, 4) is 0 Å². The molecule has 2 heterocycles. The van der Waals surface area contributed by atoms with E-state index in [2.05, 4.69) is 19.6 Å². The zero-order chi connectivity index (χ0) is 15.9. The highest BCUT2D eigenvalue weighted by molar-refractivity contribution is 6.76. The fourth-order valence-electron chi connectivity index (χ4n) is 5.20. The summed E-state index contributed by atoms with van der Waals surface area (Å²) in [7, 11) is -1.40. The second-order valence-corrected chi connectivity index (χ2v) is 14.5. The first-order valence-corrected chi connectivity index (χ1v) is 12.2. The molecule has 0 amide bonds. The molecule has 4 nitrogen and oxygen atoms in total. The minimum atomic E-state index is -1.40. The first kappa shape index (κ1) is 14.9. The molecule has 0 aromatic rings. The molecule has 1 saturated heterocycles. The van der Waals surface area contributed by atoms with Gasteiger partial charge in [0.05, 0.1) is 17.8 Å². The van der Waals surface area contributed by atoms with Crippen molar-refractivity contribution < 1.29 is 19.4 Å². The summed E-state index contributed by atoms with van der Waals surface area (Å²) in [5.74, 6) is 0.223. The Hall–Kier alpha value is -0.653. The van der Waals surface area contributed by atoms with Crippen LogP contribution in [0, 0.1) is 11.8 Å². The van der Waals surface area contributed by atoms with E-state index in [1.54, 1.807) is 0 Å². The molecule has 6 atom stereocenters. The number of hydrogen-bond acceptors (Lipinski definition) is 4. The largest absolute Gasteiger partial charge is 0.454 e. The number of fused-ring (bicyclic) bond motifs is 2. The Morgan fingerprint density at radius 1 is 1.32 bits per heavy atom. The van der Waals surface area contributed by atoms with Crippen LogP contribution in [0.1, 0.15) is 26.2 Å². The monoisotopic (exact) mass is 322 g/mol. The van der Waals surface area contributed by atoms with Crippen molar-refractivity contribution in [2.75, 3.05) is 0 Å². The number of carbonyl (C=O) groups is 1. The van der Waals surface area contributed by atoms with E-state index < -0.39 is 13.7 Å². The number of ether oxygens (including phenoxy) is 2. The minimum absolute atomic E-state index is 0.0298. The molecule has 122 valence electrons. The van der Waals surface area contributed by atoms with Gasteiger partial charge in [0, 0.05) is 31.9 Å². The van der Waals surface area contributed by atoms with Crippen LogP contribution in [0.2, 0.25) is 25.7 Å². The third-order valence-corrected chi connectivity index (χ3v) is 7.58. The molecule has 2 aliphatic carbocycles. The Balaban J connectivity index is 1.65. The summed E-state index contributed by atoms with van der Waals surface area (Å²) in [4.78, 5) is 12.3. The van der Waals surface area contributed by atoms with Gasteiger partial charge in [-0.3, -0.25) is 0 Å². The standard InChI is InChI=1S/C17H26O4Si/c1-17(19,8-22(2,3)4)11-6-5-9-13-10(7-12-14(9)20-12)16(18)21-15(11)13/h9,11-12,14-15,19H,5-8H2,1-4H3/t9-,11-,12?,14?,15+,17?/m1/s1. The Morgan fingerprint density at radius 2 is 2.05 bits per heavy atom. The smallest absolute Gasteiger partial charge is 0.334 e. The molecular formula is C17H26O4Si. The lowest BCUT2D eigenvalue weighted by atomic mass is 9.66. The second-order valence-electron chi connectivity index (χ2n) is 8.99. The van der Waals surface area contributed by atoms with Gasteiger partial charge in [0.2, 0.25) is 0 Å². The number of hydrogen-bond donors (Lipinski definition) is 1. The van der Waals surface area contributed by atoms with Crippen molar-refractivity contribution >= 4 is 14.0 Å². The third kappa shape index (κ3) is 2.20. The van der Waals surface area contributed by atoms with E-state index >= 15 is 0 Å². The molecule has 2 fully saturated rings. The highest BCUT2D eigenvalue weighted by Gasteiger charge is 2.60. The molecular weight excluding hydrogens is 296 g/mol. The van der Waals surface area contributed by atoms with Crippen LogP contribution in [0.4, 0.5) is 0 Å². The molecule has 4 rings (SSSR count). The van der Waals surface area contributed by atoms with Gasteiger partial charge >= 0.3 is 5.97 Å². The summed E-state index contributed by atoms with van der Waals surface area (Å²) in [5.41, 5.74) is 1.28. The van der Waals surface area contributed by atoms with Gasteiger partial charge in [-0.25, -0.2) is 4.79 Å². The van der Waals surface area contributed by atoms with E-state index in [0.29, 0.717) is 18.4 Å². The first-order valence-electron chi connectivity index (χ1n) is 8.49. The fraction of sp³-hybridized carbons (Fsp3) is 0.824. The van der Waals surface area contributed by atoms with Crippen LogP contribution < -0.4 is 0 Å². The lowest BCUT2D eigenvalue weighted by Crippen LogP contribution is -2.50. The second kappa shape index (κ2) is 4.45. The zero-order valence-electron chi connectivity index (χ0n) is 13.9. The summed E-state index contributed by atoms with van der Waals surface area (Å²) in [6, 6.07) is 0.842. The Kier molecular flexibility index (Phi) is 3.02. The summed E-state index contributed by atoms with van der Waals surface area (Å²) in [5, 5.41) is 11.1. The van der Waals surface area contributed by atoms with E-state index in [-0.39, 0.29) is 24.1 Å². The number of esters is 1. The average Bonchev–Trinajstić information content (AvgIpc) is 3.06. The summed E-state index contributed by atoms with van der Waals surface area (Å²) >= 11 is 0. The highest BCUT2D eigenvalue weighted by Crippen LogP contribution is 2.56. The van der Waals surface area contributed by atoms with Gasteiger partial charge in [0.1, 0.15) is 6.10 Å². The maximum Gasteiger partial charge on any atom is 0.334 e. The normalized spacial score (nSPS) is 42.4. The lowest BCUT2D eigenvalue weighted by Gasteiger charge is -2.44. The van der Waals surface area contributed by atoms with Gasteiger partial charge in [-0.05, 0) is 31.4 Å². The predicted octanol–water partition coefficient (Wildman–Crippen LogP) is 2.49. The molecule has 3 unspecified atom stereocenters. The first-order chi connectivity index (χ1) is 10.2. The SMILES string of the molecule is CC(O)(C[Si](C)(C)C)[C@@H]1CC[C@@H]2C3=C(CC4OC42)C(=O)O[C@H]31. The Morgan fingerprint density at radius 3 is 2.73 bits per heavy atom. The van der Waals surface area contributed by atoms with Gasteiger partial charge in [-0.15, -0.1) is 0 Å². The molecule has 4 aliphatic rings. The number of carbonyl (C=O) groups excluding carboxylic acids is 1. The van der Waals surface area contributed by atoms with Crippen LogP contribution >= 0.6 is 0 Å². The molecule has 0 radical (unpaired) electrons. The third-order valence-electron chi connectivity index (χ3n) is 5.80. The molecule has 0 aromatic carbocycles. The summed E-state index contributed by atoms with van der Waals surface area (Å²) in [6.07, 6.45) is 2.99. The Bertz CT molecular complexity index is 559. The van der Waals surface area contributed by atoms with E-state index in [1.165, 1.54) is 5.57 Å². The van der Waals surface area contributed by atoms with Crippen molar-refractivity contribution in [2.24, 2.45) is 11.8 Å². The van der Waals surface area contributed by atoms with Crippen molar-refractivity contribution in [3.63, 3.8) is 0 Å². The van der Waals surface area contributed by atoms with Crippen LogP contribution in [-0.4, -0.2) is 43.1 Å². The summed E-state index contributed by atoms with van der Waals surface area (Å²) in [6.45, 7) is 8.78. The predicted molar refractivity (Wildman–Crippen MR) is 85.2 cm³/mol. The van der Waals surface area contributed by atoms with Crippen molar-refractivity contribution in [1.29, 1.82) is 0 Å². The van der Waals surface area contributed by atoms with Crippen LogP contribution in [0.3, 0.4) is 0 Å². The van der Waals surface area contributed by atoms with Crippen molar-refractivity contribution in [3.05, 3.63) is 11.1 Å². The van der Waals surface area contributed by atoms with Crippen LogP contribution in [0.15, 0.2) is 11.1 Å². The maximum absolute atomic E-state index is 12.3. The van der Waals surface area contributed by atoms with Gasteiger partial charge in [-0.2, -0.15) is 0 Å². The van der Waals surface area contributed by atoms with Crippen molar-refractivity contribution in [2.45, 2.75) is 75.8 Å². The fourth-order valence-corrected chi connectivity index (χ4v) is 7.61. The molecule has 5 heteroatoms. The number of rotatable bonds is 3. The van der Waals surface area contributed by atoms with E-state index in [1.807, 2.05) is 6.92 Å². The minimum Gasteiger partial charge on any atom is -0.454 e. The van der Waals surface area contributed by atoms with Gasteiger partial charge in [-0.1, -0.05) is 19.6 Å². The molecule has 2 aliphatic heterocycles. The molecule has 0 aromatic heterocycles. The maximum atomic E-state index is 12.3. The molecule has 0 bridgehead atoms. The molecule has 1 N–H and O–H groups in total. The zero-order valence-corrected chi connectivity index (χ0v) is 14.9. The Labute approximate surface area is 132 Å². The van der Waals surface area contributed by atoms with E-state index in [4.69, 9.17) is 9.47 Å². The van der Waals surface area contributed by atoms with Gasteiger partial charge < -0.3 is 14.6 Å². The van der Waals surface area contributed by atoms with Gasteiger partial charge in [0.15, 0.2) is 0 Å². The molecule has 1 saturated carbocycles. The lowest BCUT2D eigenvalue weighted by molar-refractivity contribution is -0.147. The van der Waals surface area contributed by atoms with Crippen LogP contribution in [0.25, 0.3) is 0 Å². The van der Waals surface area contributed by atoms with Crippen LogP contribution in [0.5, 0.6) is 0 Å². The summed E-state index contributed by atoms with van der Waals surface area (Å²) < 4.78 is 11.5. The average molecular weight is 322 g/mol. The topological polar surface area (TPSA) is 59.1 Å². The number of epoxide rings is 1. The van der Waals surface area contributed by atoms with Crippen molar-refractivity contribution in [1.82, 2.24) is 0 Å². The van der Waals surface area contributed by atoms with E-state index in [0.717, 1.165) is 24.5 Å². The molecule has 22 heavy (non-hydrogen) atoms. The van der Waals surface area contributed by atoms with Gasteiger partial charge in [0.25, 0.3) is 0 Å². The van der Waals surface area contributed by atoms with Crippen LogP contribution in [-0.2, 0) is 14.3 Å². The van der Waals surface area contributed by atoms with E-state index in [9.17, 15) is 9.90 Å². The highest BCUT2D eigenvalue weighted by atomic mass is 28.3. The number of aliphatic hydroxyl groups is 1.